The number of amides is 2. The van der Waals surface area contributed by atoms with Crippen LogP contribution in [0.2, 0.25) is 0 Å². The molecule has 10 heteroatoms. The highest BCUT2D eigenvalue weighted by atomic mass is 32.1. The number of ether oxygens (including phenoxy) is 1. The lowest BCUT2D eigenvalue weighted by molar-refractivity contribution is -0.111. The van der Waals surface area contributed by atoms with Crippen LogP contribution in [-0.4, -0.2) is 31.8 Å². The van der Waals surface area contributed by atoms with E-state index in [-0.39, 0.29) is 0 Å². The normalized spacial score (nSPS) is 11.9. The maximum absolute atomic E-state index is 12.8. The van der Waals surface area contributed by atoms with E-state index >= 15 is 0 Å². The Kier molecular flexibility index (Phi) is 8.87. The average Bonchev–Trinajstić information content (AvgIpc) is 3.37. The van der Waals surface area contributed by atoms with Gasteiger partial charge in [0.1, 0.15) is 5.60 Å². The molecule has 0 radical (unpaired) electrons. The molecule has 0 spiro atoms. The van der Waals surface area contributed by atoms with Crippen LogP contribution in [0, 0.1) is 0 Å². The van der Waals surface area contributed by atoms with E-state index < -0.39 is 25.2 Å². The van der Waals surface area contributed by atoms with E-state index in [2.05, 4.69) is 10.6 Å². The van der Waals surface area contributed by atoms with Gasteiger partial charge >= 0.3 is 13.7 Å². The van der Waals surface area contributed by atoms with Crippen LogP contribution in [0.15, 0.2) is 66.1 Å². The quantitative estimate of drug-likeness (QED) is 0.255. The molecule has 0 saturated carbocycles. The smallest absolute Gasteiger partial charge is 0.412 e. The van der Waals surface area contributed by atoms with Crippen molar-refractivity contribution in [2.45, 2.75) is 26.4 Å². The molecule has 2 amide bonds. The van der Waals surface area contributed by atoms with Gasteiger partial charge < -0.3 is 19.1 Å². The summed E-state index contributed by atoms with van der Waals surface area (Å²) in [6.07, 6.45) is 2.30. The van der Waals surface area contributed by atoms with Crippen molar-refractivity contribution in [3.8, 4) is 10.4 Å². The summed E-state index contributed by atoms with van der Waals surface area (Å²) in [6.45, 7) is 5.31. The second-order valence-corrected chi connectivity index (χ2v) is 11.8. The lowest BCUT2D eigenvalue weighted by Crippen LogP contribution is -2.27. The Labute approximate surface area is 214 Å². The number of nitrogens with one attached hydrogen (secondary N) is 2. The Morgan fingerprint density at radius 1 is 0.944 bits per heavy atom. The van der Waals surface area contributed by atoms with Gasteiger partial charge in [-0.3, -0.25) is 14.7 Å². The third-order valence-electron chi connectivity index (χ3n) is 4.81. The van der Waals surface area contributed by atoms with Crippen LogP contribution in [0.25, 0.3) is 16.5 Å². The summed E-state index contributed by atoms with van der Waals surface area (Å²) in [6, 6.07) is 16.0. The molecule has 0 saturated heterocycles. The van der Waals surface area contributed by atoms with Crippen molar-refractivity contribution in [1.82, 2.24) is 0 Å². The lowest BCUT2D eigenvalue weighted by Gasteiger charge is -2.20. The van der Waals surface area contributed by atoms with Crippen molar-refractivity contribution >= 4 is 53.7 Å². The van der Waals surface area contributed by atoms with Gasteiger partial charge in [-0.05, 0) is 73.7 Å². The molecule has 0 aliphatic rings. The van der Waals surface area contributed by atoms with Crippen molar-refractivity contribution in [1.29, 1.82) is 0 Å². The molecule has 0 fully saturated rings. The van der Waals surface area contributed by atoms with Gasteiger partial charge in [0.2, 0.25) is 5.91 Å². The van der Waals surface area contributed by atoms with Gasteiger partial charge in [-0.1, -0.05) is 24.3 Å². The maximum atomic E-state index is 12.8. The van der Waals surface area contributed by atoms with Gasteiger partial charge in [-0.2, -0.15) is 0 Å². The summed E-state index contributed by atoms with van der Waals surface area (Å²) in [5, 5.41) is 7.86. The topological polar surface area (TPSA) is 103 Å². The molecule has 0 atom stereocenters. The summed E-state index contributed by atoms with van der Waals surface area (Å²) < 4.78 is 28.1. The van der Waals surface area contributed by atoms with Crippen molar-refractivity contribution in [3.63, 3.8) is 0 Å². The molecule has 0 bridgehead atoms. The molecule has 0 unspecified atom stereocenters. The summed E-state index contributed by atoms with van der Waals surface area (Å²) in [4.78, 5) is 26.2. The number of carbonyl (C=O) groups excluding carboxylic acids is 2. The number of carbonyl (C=O) groups is 2. The maximum Gasteiger partial charge on any atom is 0.412 e. The molecule has 8 nitrogen and oxygen atoms in total. The highest BCUT2D eigenvalue weighted by Gasteiger charge is 2.24. The van der Waals surface area contributed by atoms with Gasteiger partial charge in [0.15, 0.2) is 0 Å². The number of hydrogen-bond acceptors (Lipinski definition) is 7. The molecule has 3 rings (SSSR count). The summed E-state index contributed by atoms with van der Waals surface area (Å²) in [5.74, 6) is -0.419. The van der Waals surface area contributed by atoms with Crippen LogP contribution in [0.4, 0.5) is 16.2 Å². The highest BCUT2D eigenvalue weighted by molar-refractivity contribution is 7.62. The van der Waals surface area contributed by atoms with E-state index in [1.165, 1.54) is 20.3 Å². The molecule has 36 heavy (non-hydrogen) atoms. The number of thiophene rings is 1. The fourth-order valence-corrected chi connectivity index (χ4v) is 5.07. The second-order valence-electron chi connectivity index (χ2n) is 8.64. The third-order valence-corrected chi connectivity index (χ3v) is 7.60. The molecule has 190 valence electrons. The van der Waals surface area contributed by atoms with Crippen LogP contribution >= 0.6 is 18.9 Å². The van der Waals surface area contributed by atoms with Gasteiger partial charge in [-0.25, -0.2) is 4.79 Å². The zero-order valence-corrected chi connectivity index (χ0v) is 22.4. The van der Waals surface area contributed by atoms with Crippen molar-refractivity contribution in [3.05, 3.63) is 71.6 Å². The number of anilines is 2. The first-order valence-corrected chi connectivity index (χ1v) is 13.4. The molecule has 2 N–H and O–H groups in total. The van der Waals surface area contributed by atoms with E-state index in [0.29, 0.717) is 22.2 Å². The van der Waals surface area contributed by atoms with E-state index in [9.17, 15) is 14.2 Å². The van der Waals surface area contributed by atoms with Crippen LogP contribution < -0.4 is 15.9 Å². The Morgan fingerprint density at radius 3 is 2.33 bits per heavy atom. The number of benzene rings is 2. The van der Waals surface area contributed by atoms with Crippen LogP contribution in [0.5, 0.6) is 0 Å². The first-order chi connectivity index (χ1) is 17.0. The molecule has 0 aliphatic heterocycles. The molecule has 1 heterocycles. The minimum Gasteiger partial charge on any atom is -0.444 e. The minimum absolute atomic E-state index is 0.377. The molecule has 3 aromatic rings. The highest BCUT2D eigenvalue weighted by Crippen LogP contribution is 2.45. The molecule has 2 aromatic carbocycles. The predicted octanol–water partition coefficient (Wildman–Crippen LogP) is 6.53. The second kappa shape index (κ2) is 11.7. The van der Waals surface area contributed by atoms with Gasteiger partial charge in [0.05, 0.1) is 16.7 Å². The number of rotatable bonds is 8. The largest absolute Gasteiger partial charge is 0.444 e. The van der Waals surface area contributed by atoms with Gasteiger partial charge in [0.25, 0.3) is 0 Å². The molecule has 0 aliphatic carbocycles. The predicted molar refractivity (Wildman–Crippen MR) is 145 cm³/mol. The summed E-state index contributed by atoms with van der Waals surface area (Å²) in [5.41, 5.74) is 1.67. The van der Waals surface area contributed by atoms with Gasteiger partial charge in [-0.15, -0.1) is 11.3 Å². The van der Waals surface area contributed by atoms with E-state index in [1.807, 2.05) is 23.6 Å². The zero-order chi connectivity index (χ0) is 26.3. The third kappa shape index (κ3) is 7.38. The van der Waals surface area contributed by atoms with E-state index in [0.717, 1.165) is 10.4 Å². The molecular weight excluding hydrogens is 499 g/mol. The molecular formula is C26H29N2O6PS. The average molecular weight is 529 g/mol. The standard InChI is InChI=1S/C26H29N2O6PS/c1-26(2,3)34-25(30)28-21-13-12-19(23-10-7-15-36-23)17-22(21)27-24(29)14-11-18-8-6-9-20(16-18)35(31,32-4)33-5/h6-17H,1-5H3,(H,27,29)(H,28,30). The van der Waals surface area contributed by atoms with Crippen LogP contribution in [0.3, 0.4) is 0 Å². The fourth-order valence-electron chi connectivity index (χ4n) is 3.20. The summed E-state index contributed by atoms with van der Waals surface area (Å²) in [7, 11) is -0.787. The van der Waals surface area contributed by atoms with Crippen molar-refractivity contribution in [2.75, 3.05) is 24.9 Å². The SMILES string of the molecule is COP(=O)(OC)c1cccc(C=CC(=O)Nc2cc(-c3cccs3)ccc2NC(=O)OC(C)(C)C)c1. The Morgan fingerprint density at radius 2 is 1.69 bits per heavy atom. The van der Waals surface area contributed by atoms with E-state index in [1.54, 1.807) is 74.6 Å². The summed E-state index contributed by atoms with van der Waals surface area (Å²) >= 11 is 1.56. The zero-order valence-electron chi connectivity index (χ0n) is 20.7. The minimum atomic E-state index is -3.41. The van der Waals surface area contributed by atoms with Crippen molar-refractivity contribution in [2.24, 2.45) is 0 Å². The molecule has 1 aromatic heterocycles. The van der Waals surface area contributed by atoms with E-state index in [4.69, 9.17) is 13.8 Å². The van der Waals surface area contributed by atoms with Crippen LogP contribution in [-0.2, 0) is 23.1 Å². The van der Waals surface area contributed by atoms with Crippen molar-refractivity contribution < 1.29 is 27.9 Å². The Balaban J connectivity index is 1.83. The number of hydrogen-bond donors (Lipinski definition) is 2. The van der Waals surface area contributed by atoms with Crippen LogP contribution in [0.1, 0.15) is 26.3 Å². The Hall–Kier alpha value is -3.23. The first-order valence-electron chi connectivity index (χ1n) is 11.0. The Bertz CT molecular complexity index is 1290. The lowest BCUT2D eigenvalue weighted by atomic mass is 10.1. The fraction of sp³-hybridized carbons (Fsp3) is 0.231. The van der Waals surface area contributed by atoms with Gasteiger partial charge in [0, 0.05) is 25.2 Å². The monoisotopic (exact) mass is 528 g/mol. The first kappa shape index (κ1) is 27.4.